The topological polar surface area (TPSA) is 141 Å². The molecule has 0 bridgehead atoms. The molecule has 0 spiro atoms. The number of nitrogens with zero attached hydrogens (tertiary/aromatic N) is 5. The summed E-state index contributed by atoms with van der Waals surface area (Å²) >= 11 is 0. The van der Waals surface area contributed by atoms with Crippen molar-refractivity contribution in [1.82, 2.24) is 24.5 Å². The number of aliphatic hydroxyl groups is 1. The van der Waals surface area contributed by atoms with E-state index < -0.39 is 16.3 Å². The van der Waals surface area contributed by atoms with Crippen molar-refractivity contribution in [2.24, 2.45) is 13.0 Å². The van der Waals surface area contributed by atoms with E-state index in [4.69, 9.17) is 0 Å². The smallest absolute Gasteiger partial charge is 0.232 e. The number of aliphatic hydroxyl groups excluding tert-OH is 1. The van der Waals surface area contributed by atoms with Gasteiger partial charge in [-0.1, -0.05) is 0 Å². The second-order valence-corrected chi connectivity index (χ2v) is 11.4. The Morgan fingerprint density at radius 3 is 2.56 bits per heavy atom. The summed E-state index contributed by atoms with van der Waals surface area (Å²) in [6, 6.07) is 7.30. The molecule has 0 amide bonds. The third kappa shape index (κ3) is 4.73. The largest absolute Gasteiger partial charge is 0.373 e. The molecule has 0 radical (unpaired) electrons. The van der Waals surface area contributed by atoms with E-state index in [0.29, 0.717) is 39.9 Å². The first-order valence-electron chi connectivity index (χ1n) is 11.7. The molecule has 3 heterocycles. The standard InChI is InChI=1S/C24H30N8O3S/c1-13-12-31(3)23(25-13)16-8-9-17(19(10-16)32(4)36(5,34)35)28-18-11-20(30-24(33)15-6-7-15)29-22-21(18)26-14(2)27-22/h8-12,15,24,33H,6-7H2,1-5H3,(H3,26,27,28,29,30). The SMILES string of the molecule is Cc1cn(C)c(-c2ccc(Nc3cc(NC(O)C4CC4)nc4[nH]c(C)nc34)c(N(C)S(C)(=O)=O)c2)n1. The number of nitrogens with one attached hydrogen (secondary N) is 3. The zero-order valence-corrected chi connectivity index (χ0v) is 21.7. The van der Waals surface area contributed by atoms with Crippen LogP contribution in [0.2, 0.25) is 0 Å². The normalized spacial score (nSPS) is 14.7. The van der Waals surface area contributed by atoms with Crippen molar-refractivity contribution in [3.05, 3.63) is 42.0 Å². The van der Waals surface area contributed by atoms with E-state index in [1.165, 1.54) is 11.4 Å². The molecule has 1 unspecified atom stereocenters. The molecule has 1 aliphatic rings. The van der Waals surface area contributed by atoms with Crippen LogP contribution >= 0.6 is 0 Å². The van der Waals surface area contributed by atoms with E-state index in [0.717, 1.165) is 36.2 Å². The Hall–Kier alpha value is -3.64. The minimum Gasteiger partial charge on any atom is -0.373 e. The van der Waals surface area contributed by atoms with Gasteiger partial charge in [0.2, 0.25) is 10.0 Å². The van der Waals surface area contributed by atoms with Crippen molar-refractivity contribution in [3.63, 3.8) is 0 Å². The van der Waals surface area contributed by atoms with Crippen molar-refractivity contribution >= 4 is 44.1 Å². The van der Waals surface area contributed by atoms with Crippen LogP contribution in [0.25, 0.3) is 22.6 Å². The fourth-order valence-corrected chi connectivity index (χ4v) is 4.71. The molecule has 4 N–H and O–H groups in total. The first kappa shape index (κ1) is 24.1. The molecular weight excluding hydrogens is 480 g/mol. The number of sulfonamides is 1. The van der Waals surface area contributed by atoms with Gasteiger partial charge in [0.25, 0.3) is 0 Å². The summed E-state index contributed by atoms with van der Waals surface area (Å²) in [6.45, 7) is 3.75. The van der Waals surface area contributed by atoms with E-state index in [1.54, 1.807) is 12.1 Å². The third-order valence-electron chi connectivity index (χ3n) is 6.29. The number of benzene rings is 1. The lowest BCUT2D eigenvalue weighted by Gasteiger charge is -2.22. The van der Waals surface area contributed by atoms with Gasteiger partial charge in [0, 0.05) is 37.8 Å². The number of hydrogen-bond acceptors (Lipinski definition) is 8. The molecule has 1 atom stereocenters. The van der Waals surface area contributed by atoms with Crippen LogP contribution in [0.1, 0.15) is 24.4 Å². The van der Waals surface area contributed by atoms with Gasteiger partial charge in [-0.3, -0.25) is 4.31 Å². The molecule has 36 heavy (non-hydrogen) atoms. The minimum atomic E-state index is -3.55. The van der Waals surface area contributed by atoms with E-state index in [1.807, 2.05) is 43.8 Å². The van der Waals surface area contributed by atoms with Gasteiger partial charge in [-0.05, 0) is 44.9 Å². The van der Waals surface area contributed by atoms with Crippen molar-refractivity contribution in [1.29, 1.82) is 0 Å². The minimum absolute atomic E-state index is 0.222. The summed E-state index contributed by atoms with van der Waals surface area (Å²) in [5.41, 5.74) is 4.47. The van der Waals surface area contributed by atoms with Gasteiger partial charge < -0.3 is 25.3 Å². The molecule has 0 aliphatic heterocycles. The summed E-state index contributed by atoms with van der Waals surface area (Å²) in [5, 5.41) is 16.8. The molecule has 0 saturated heterocycles. The lowest BCUT2D eigenvalue weighted by molar-refractivity contribution is 0.179. The zero-order valence-electron chi connectivity index (χ0n) is 20.9. The molecule has 4 aromatic rings. The third-order valence-corrected chi connectivity index (χ3v) is 7.49. The number of aryl methyl sites for hydroxylation is 3. The fourth-order valence-electron chi connectivity index (χ4n) is 4.20. The Morgan fingerprint density at radius 2 is 1.92 bits per heavy atom. The Bertz CT molecular complexity index is 1560. The maximum absolute atomic E-state index is 12.5. The van der Waals surface area contributed by atoms with Crippen LogP contribution in [0.3, 0.4) is 0 Å². The summed E-state index contributed by atoms with van der Waals surface area (Å²) in [5.74, 6) is 2.14. The van der Waals surface area contributed by atoms with Gasteiger partial charge in [0.15, 0.2) is 5.65 Å². The van der Waals surface area contributed by atoms with Crippen LogP contribution < -0.4 is 14.9 Å². The number of aromatic nitrogens is 5. The number of hydrogen-bond donors (Lipinski definition) is 4. The number of rotatable bonds is 8. The van der Waals surface area contributed by atoms with Crippen LogP contribution in [-0.2, 0) is 17.1 Å². The second-order valence-electron chi connectivity index (χ2n) is 9.41. The Kier molecular flexibility index (Phi) is 5.87. The van der Waals surface area contributed by atoms with Crippen LogP contribution in [0.4, 0.5) is 22.9 Å². The number of anilines is 4. The molecule has 11 nitrogen and oxygen atoms in total. The summed E-state index contributed by atoms with van der Waals surface area (Å²) in [4.78, 5) is 16.9. The van der Waals surface area contributed by atoms with Crippen molar-refractivity contribution < 1.29 is 13.5 Å². The molecule has 1 aliphatic carbocycles. The van der Waals surface area contributed by atoms with Crippen molar-refractivity contribution in [2.75, 3.05) is 28.2 Å². The van der Waals surface area contributed by atoms with Gasteiger partial charge in [0.1, 0.15) is 29.2 Å². The fraction of sp³-hybridized carbons (Fsp3) is 0.375. The first-order valence-corrected chi connectivity index (χ1v) is 13.5. The van der Waals surface area contributed by atoms with Crippen molar-refractivity contribution in [3.8, 4) is 11.4 Å². The van der Waals surface area contributed by atoms with Crippen LogP contribution in [0, 0.1) is 19.8 Å². The maximum Gasteiger partial charge on any atom is 0.232 e. The quantitative estimate of drug-likeness (QED) is 0.265. The highest BCUT2D eigenvalue weighted by Gasteiger charge is 2.30. The molecule has 12 heteroatoms. The van der Waals surface area contributed by atoms with Crippen LogP contribution in [-0.4, -0.2) is 57.6 Å². The van der Waals surface area contributed by atoms with Crippen LogP contribution in [0.5, 0.6) is 0 Å². The predicted molar refractivity (Wildman–Crippen MR) is 141 cm³/mol. The number of imidazole rings is 2. The molecule has 1 saturated carbocycles. The molecule has 1 fully saturated rings. The maximum atomic E-state index is 12.5. The average molecular weight is 511 g/mol. The highest BCUT2D eigenvalue weighted by molar-refractivity contribution is 7.92. The van der Waals surface area contributed by atoms with Crippen molar-refractivity contribution in [2.45, 2.75) is 32.9 Å². The summed E-state index contributed by atoms with van der Waals surface area (Å²) < 4.78 is 28.2. The first-order chi connectivity index (χ1) is 17.0. The number of pyridine rings is 1. The van der Waals surface area contributed by atoms with E-state index in [-0.39, 0.29) is 5.92 Å². The molecule has 5 rings (SSSR count). The molecule has 1 aromatic carbocycles. The number of H-pyrrole nitrogens is 1. The number of fused-ring (bicyclic) bond motifs is 1. The zero-order chi connectivity index (χ0) is 25.8. The van der Waals surface area contributed by atoms with Gasteiger partial charge in [0.05, 0.1) is 29.0 Å². The lowest BCUT2D eigenvalue weighted by Crippen LogP contribution is -2.25. The van der Waals surface area contributed by atoms with Crippen LogP contribution in [0.15, 0.2) is 30.5 Å². The monoisotopic (exact) mass is 510 g/mol. The van der Waals surface area contributed by atoms with Gasteiger partial charge in [-0.25, -0.2) is 23.4 Å². The molecule has 3 aromatic heterocycles. The average Bonchev–Trinajstić information content (AvgIpc) is 3.50. The molecule has 190 valence electrons. The Morgan fingerprint density at radius 1 is 1.17 bits per heavy atom. The lowest BCUT2D eigenvalue weighted by atomic mass is 10.1. The number of aromatic amines is 1. The molecular formula is C24H30N8O3S. The summed E-state index contributed by atoms with van der Waals surface area (Å²) in [6.07, 6.45) is 4.36. The highest BCUT2D eigenvalue weighted by atomic mass is 32.2. The Labute approximate surface area is 209 Å². The van der Waals surface area contributed by atoms with Gasteiger partial charge >= 0.3 is 0 Å². The highest BCUT2D eigenvalue weighted by Crippen LogP contribution is 2.37. The Balaban J connectivity index is 1.59. The van der Waals surface area contributed by atoms with E-state index >= 15 is 0 Å². The predicted octanol–water partition coefficient (Wildman–Crippen LogP) is 3.25. The summed E-state index contributed by atoms with van der Waals surface area (Å²) in [7, 11) is -0.134. The van der Waals surface area contributed by atoms with Gasteiger partial charge in [-0.15, -0.1) is 0 Å². The van der Waals surface area contributed by atoms with E-state index in [2.05, 4.69) is 30.6 Å². The van der Waals surface area contributed by atoms with Gasteiger partial charge in [-0.2, -0.15) is 0 Å². The second kappa shape index (κ2) is 8.79. The van der Waals surface area contributed by atoms with E-state index in [9.17, 15) is 13.5 Å².